The monoisotopic (exact) mass is 466 g/mol. The van der Waals surface area contributed by atoms with Crippen LogP contribution in [0.2, 0.25) is 5.02 Å². The largest absolute Gasteiger partial charge is 0.618 e. The Bertz CT molecular complexity index is 1340. The van der Waals surface area contributed by atoms with Crippen molar-refractivity contribution in [2.24, 2.45) is 0 Å². The first-order valence-corrected chi connectivity index (χ1v) is 11.0. The van der Waals surface area contributed by atoms with Crippen LogP contribution in [0.15, 0.2) is 71.5 Å². The molecule has 0 N–H and O–H groups in total. The molecule has 0 aliphatic carbocycles. The number of fused-ring (bicyclic) bond motifs is 1. The molecule has 0 radical (unpaired) electrons. The lowest BCUT2D eigenvalue weighted by molar-refractivity contribution is -0.566. The topological polar surface area (TPSA) is 76.6 Å². The number of para-hydroxylation sites is 2. The molecule has 0 aliphatic heterocycles. The van der Waals surface area contributed by atoms with Crippen molar-refractivity contribution in [2.75, 3.05) is 13.2 Å². The molecule has 0 aliphatic rings. The number of rotatable bonds is 8. The third-order valence-corrected chi connectivity index (χ3v) is 5.25. The average molecular weight is 467 g/mol. The van der Waals surface area contributed by atoms with Gasteiger partial charge in [-0.2, -0.15) is 4.73 Å². The van der Waals surface area contributed by atoms with Gasteiger partial charge in [-0.25, -0.2) is 0 Å². The Hall–Kier alpha value is -3.71. The van der Waals surface area contributed by atoms with Crippen LogP contribution in [0, 0.1) is 5.21 Å². The molecule has 0 bridgehead atoms. The lowest BCUT2D eigenvalue weighted by Gasteiger charge is -2.16. The SMILES string of the molecule is CCOc1ccc(-c2c(=O)n(OCc3ccc(Cl)cc3)c3ccccc3[n+]2[O-])c(OCC)c1. The molecule has 0 saturated heterocycles. The Morgan fingerprint density at radius 1 is 0.970 bits per heavy atom. The maximum Gasteiger partial charge on any atom is 0.357 e. The van der Waals surface area contributed by atoms with Crippen LogP contribution in [-0.2, 0) is 6.61 Å². The minimum absolute atomic E-state index is 0.101. The van der Waals surface area contributed by atoms with Gasteiger partial charge in [-0.3, -0.25) is 4.79 Å². The van der Waals surface area contributed by atoms with Crippen LogP contribution in [0.25, 0.3) is 22.3 Å². The van der Waals surface area contributed by atoms with E-state index in [-0.39, 0.29) is 12.3 Å². The molecule has 1 aromatic heterocycles. The standard InChI is InChI=1S/C25H23ClN2O5/c1-3-31-19-13-14-20(23(15-19)32-4-2)24-25(29)28(22-8-6-5-7-21(22)27(24)30)33-16-17-9-11-18(26)12-10-17/h5-15H,3-4,16H2,1-2H3. The predicted octanol–water partition coefficient (Wildman–Crippen LogP) is 4.38. The summed E-state index contributed by atoms with van der Waals surface area (Å²) in [5.41, 5.74) is 1.14. The van der Waals surface area contributed by atoms with Crippen LogP contribution in [0.4, 0.5) is 0 Å². The maximum atomic E-state index is 13.6. The first-order valence-electron chi connectivity index (χ1n) is 10.6. The number of aromatic nitrogens is 2. The maximum absolute atomic E-state index is 13.6. The Morgan fingerprint density at radius 2 is 1.70 bits per heavy atom. The highest BCUT2D eigenvalue weighted by Gasteiger charge is 2.26. The van der Waals surface area contributed by atoms with Crippen molar-refractivity contribution in [3.05, 3.63) is 92.9 Å². The van der Waals surface area contributed by atoms with Gasteiger partial charge in [0, 0.05) is 17.2 Å². The van der Waals surface area contributed by atoms with Crippen LogP contribution < -0.4 is 24.6 Å². The van der Waals surface area contributed by atoms with E-state index in [2.05, 4.69) is 0 Å². The van der Waals surface area contributed by atoms with Gasteiger partial charge in [-0.05, 0) is 49.7 Å². The molecule has 3 aromatic carbocycles. The quantitative estimate of drug-likeness (QED) is 0.284. The molecule has 1 heterocycles. The Labute approximate surface area is 195 Å². The van der Waals surface area contributed by atoms with Crippen molar-refractivity contribution >= 4 is 22.6 Å². The molecule has 0 unspecified atom stereocenters. The number of halogens is 1. The first kappa shape index (κ1) is 22.5. The van der Waals surface area contributed by atoms with Gasteiger partial charge in [0.25, 0.3) is 5.69 Å². The molecule has 4 aromatic rings. The summed E-state index contributed by atoms with van der Waals surface area (Å²) in [6.07, 6.45) is 0. The van der Waals surface area contributed by atoms with Crippen molar-refractivity contribution in [1.82, 2.24) is 4.73 Å². The number of benzene rings is 3. The van der Waals surface area contributed by atoms with Crippen LogP contribution >= 0.6 is 11.6 Å². The summed E-state index contributed by atoms with van der Waals surface area (Å²) in [6.45, 7) is 4.66. The van der Waals surface area contributed by atoms with E-state index in [4.69, 9.17) is 25.9 Å². The highest BCUT2D eigenvalue weighted by atomic mass is 35.5. The second-order valence-corrected chi connectivity index (χ2v) is 7.59. The van der Waals surface area contributed by atoms with Gasteiger partial charge in [0.2, 0.25) is 5.52 Å². The molecular formula is C25H23ClN2O5. The molecule has 33 heavy (non-hydrogen) atoms. The Kier molecular flexibility index (Phi) is 6.70. The van der Waals surface area contributed by atoms with E-state index in [0.717, 1.165) is 10.3 Å². The highest BCUT2D eigenvalue weighted by Crippen LogP contribution is 2.31. The third-order valence-electron chi connectivity index (χ3n) is 5.00. The summed E-state index contributed by atoms with van der Waals surface area (Å²) >= 11 is 5.96. The van der Waals surface area contributed by atoms with E-state index in [9.17, 15) is 10.0 Å². The van der Waals surface area contributed by atoms with Crippen molar-refractivity contribution in [1.29, 1.82) is 0 Å². The van der Waals surface area contributed by atoms with Crippen molar-refractivity contribution in [3.8, 4) is 22.8 Å². The van der Waals surface area contributed by atoms with Gasteiger partial charge in [-0.15, -0.1) is 4.73 Å². The second kappa shape index (κ2) is 9.83. The number of nitrogens with zero attached hydrogens (tertiary/aromatic N) is 2. The van der Waals surface area contributed by atoms with Gasteiger partial charge in [0.15, 0.2) is 5.52 Å². The van der Waals surface area contributed by atoms with Crippen LogP contribution in [0.5, 0.6) is 11.5 Å². The van der Waals surface area contributed by atoms with Crippen LogP contribution in [0.1, 0.15) is 19.4 Å². The van der Waals surface area contributed by atoms with E-state index in [1.54, 1.807) is 54.6 Å². The van der Waals surface area contributed by atoms with E-state index in [1.165, 1.54) is 0 Å². The average Bonchev–Trinajstić information content (AvgIpc) is 2.82. The van der Waals surface area contributed by atoms with Gasteiger partial charge < -0.3 is 19.5 Å². The lowest BCUT2D eigenvalue weighted by atomic mass is 10.1. The zero-order chi connectivity index (χ0) is 23.4. The molecular weight excluding hydrogens is 444 g/mol. The van der Waals surface area contributed by atoms with Gasteiger partial charge in [0.1, 0.15) is 18.1 Å². The van der Waals surface area contributed by atoms with Crippen molar-refractivity contribution in [2.45, 2.75) is 20.5 Å². The zero-order valence-electron chi connectivity index (χ0n) is 18.3. The molecule has 170 valence electrons. The molecule has 0 spiro atoms. The molecule has 7 nitrogen and oxygen atoms in total. The molecule has 0 saturated carbocycles. The number of hydrogen-bond acceptors (Lipinski definition) is 5. The summed E-state index contributed by atoms with van der Waals surface area (Å²) in [5, 5.41) is 13.9. The molecule has 8 heteroatoms. The highest BCUT2D eigenvalue weighted by molar-refractivity contribution is 6.30. The molecule has 0 fully saturated rings. The minimum Gasteiger partial charge on any atom is -0.618 e. The molecule has 0 atom stereocenters. The first-order chi connectivity index (χ1) is 16.0. The second-order valence-electron chi connectivity index (χ2n) is 7.16. The van der Waals surface area contributed by atoms with Crippen LogP contribution in [0.3, 0.4) is 0 Å². The van der Waals surface area contributed by atoms with Gasteiger partial charge in [0.05, 0.1) is 18.8 Å². The Balaban J connectivity index is 1.87. The minimum atomic E-state index is -0.595. The summed E-state index contributed by atoms with van der Waals surface area (Å²) in [6, 6.07) is 18.9. The number of hydrogen-bond donors (Lipinski definition) is 0. The fourth-order valence-corrected chi connectivity index (χ4v) is 3.65. The van der Waals surface area contributed by atoms with E-state index in [0.29, 0.717) is 51.1 Å². The van der Waals surface area contributed by atoms with Crippen molar-refractivity contribution in [3.63, 3.8) is 0 Å². The van der Waals surface area contributed by atoms with E-state index >= 15 is 0 Å². The summed E-state index contributed by atoms with van der Waals surface area (Å²) in [7, 11) is 0. The smallest absolute Gasteiger partial charge is 0.357 e. The molecule has 4 rings (SSSR count). The van der Waals surface area contributed by atoms with E-state index in [1.807, 2.05) is 26.0 Å². The lowest BCUT2D eigenvalue weighted by Crippen LogP contribution is -2.42. The van der Waals surface area contributed by atoms with Crippen molar-refractivity contribution < 1.29 is 19.0 Å². The fraction of sp³-hybridized carbons (Fsp3) is 0.200. The number of ether oxygens (including phenoxy) is 2. The summed E-state index contributed by atoms with van der Waals surface area (Å²) in [5.74, 6) is 0.965. The normalized spacial score (nSPS) is 10.9. The van der Waals surface area contributed by atoms with E-state index < -0.39 is 5.56 Å². The van der Waals surface area contributed by atoms with Gasteiger partial charge in [-0.1, -0.05) is 35.9 Å². The summed E-state index contributed by atoms with van der Waals surface area (Å²) in [4.78, 5) is 19.5. The zero-order valence-corrected chi connectivity index (χ0v) is 19.0. The fourth-order valence-electron chi connectivity index (χ4n) is 3.52. The summed E-state index contributed by atoms with van der Waals surface area (Å²) < 4.78 is 13.1. The Morgan fingerprint density at radius 3 is 2.42 bits per heavy atom. The van der Waals surface area contributed by atoms with Crippen LogP contribution in [-0.4, -0.2) is 17.9 Å². The molecule has 0 amide bonds. The third kappa shape index (κ3) is 4.59. The van der Waals surface area contributed by atoms with Gasteiger partial charge >= 0.3 is 5.56 Å². The predicted molar refractivity (Wildman–Crippen MR) is 127 cm³/mol.